The third-order valence-corrected chi connectivity index (χ3v) is 4.36. The van der Waals surface area contributed by atoms with Crippen LogP contribution in [0.5, 0.6) is 0 Å². The first-order chi connectivity index (χ1) is 10.0. The zero-order valence-corrected chi connectivity index (χ0v) is 12.2. The van der Waals surface area contributed by atoms with E-state index in [4.69, 9.17) is 10.8 Å². The van der Waals surface area contributed by atoms with Gasteiger partial charge in [-0.25, -0.2) is 4.79 Å². The van der Waals surface area contributed by atoms with Crippen LogP contribution in [0.2, 0.25) is 0 Å². The molecule has 0 aromatic heterocycles. The van der Waals surface area contributed by atoms with Gasteiger partial charge in [0.05, 0.1) is 6.42 Å². The van der Waals surface area contributed by atoms with Gasteiger partial charge in [-0.3, -0.25) is 9.59 Å². The van der Waals surface area contributed by atoms with E-state index in [1.807, 2.05) is 0 Å². The fraction of sp³-hybridized carbons (Fsp3) is 0.786. The minimum Gasteiger partial charge on any atom is -0.481 e. The Morgan fingerprint density at radius 2 is 1.62 bits per heavy atom. The maximum absolute atomic E-state index is 12.7. The van der Waals surface area contributed by atoms with Crippen LogP contribution in [0, 0.1) is 0 Å². The molecule has 2 atom stereocenters. The van der Waals surface area contributed by atoms with Gasteiger partial charge in [0.1, 0.15) is 6.04 Å². The number of nitrogens with zero attached hydrogens (tertiary/aromatic N) is 2. The van der Waals surface area contributed by atoms with E-state index < -0.39 is 17.9 Å². The molecule has 2 fully saturated rings. The first-order valence-electron chi connectivity index (χ1n) is 7.59. The Hall–Kier alpha value is -1.79. The van der Waals surface area contributed by atoms with Gasteiger partial charge in [-0.2, -0.15) is 0 Å². The molecule has 2 aliphatic rings. The Kier molecular flexibility index (Phi) is 5.03. The number of carboxylic acid groups (broad SMARTS) is 1. The molecule has 3 N–H and O–H groups in total. The van der Waals surface area contributed by atoms with E-state index in [0.717, 1.165) is 25.7 Å². The molecule has 0 bridgehead atoms. The summed E-state index contributed by atoms with van der Waals surface area (Å²) in [7, 11) is 0. The Bertz CT molecular complexity index is 426. The Morgan fingerprint density at radius 1 is 1.00 bits per heavy atom. The van der Waals surface area contributed by atoms with Crippen molar-refractivity contribution in [1.82, 2.24) is 9.80 Å². The molecule has 2 unspecified atom stereocenters. The fourth-order valence-corrected chi connectivity index (χ4v) is 3.29. The second-order valence-corrected chi connectivity index (χ2v) is 5.83. The molecule has 118 valence electrons. The minimum absolute atomic E-state index is 0.0409. The van der Waals surface area contributed by atoms with E-state index in [0.29, 0.717) is 25.9 Å². The number of nitrogens with two attached hydrogens (primary N) is 1. The van der Waals surface area contributed by atoms with Crippen molar-refractivity contribution >= 4 is 17.9 Å². The molecule has 0 aromatic carbocycles. The van der Waals surface area contributed by atoms with E-state index in [2.05, 4.69) is 0 Å². The molecule has 21 heavy (non-hydrogen) atoms. The van der Waals surface area contributed by atoms with Gasteiger partial charge < -0.3 is 20.6 Å². The van der Waals surface area contributed by atoms with Gasteiger partial charge in [-0.15, -0.1) is 0 Å². The molecule has 2 saturated heterocycles. The molecular formula is C14H23N3O4. The molecule has 2 aliphatic heterocycles. The quantitative estimate of drug-likeness (QED) is 0.803. The van der Waals surface area contributed by atoms with Crippen LogP contribution < -0.4 is 5.73 Å². The van der Waals surface area contributed by atoms with Gasteiger partial charge in [0.15, 0.2) is 0 Å². The van der Waals surface area contributed by atoms with Crippen LogP contribution in [0.25, 0.3) is 0 Å². The average molecular weight is 297 g/mol. The van der Waals surface area contributed by atoms with Crippen molar-refractivity contribution in [3.8, 4) is 0 Å². The lowest BCUT2D eigenvalue weighted by Gasteiger charge is -2.42. The summed E-state index contributed by atoms with van der Waals surface area (Å²) in [4.78, 5) is 38.4. The number of rotatable bonds is 3. The molecular weight excluding hydrogens is 274 g/mol. The highest BCUT2D eigenvalue weighted by molar-refractivity contribution is 5.86. The summed E-state index contributed by atoms with van der Waals surface area (Å²) in [5.74, 6) is -1.38. The number of primary amides is 1. The third-order valence-electron chi connectivity index (χ3n) is 4.36. The molecule has 0 saturated carbocycles. The van der Waals surface area contributed by atoms with Crippen molar-refractivity contribution in [3.05, 3.63) is 0 Å². The summed E-state index contributed by atoms with van der Waals surface area (Å²) in [6.07, 6.45) is 4.80. The van der Waals surface area contributed by atoms with Crippen LogP contribution in [-0.2, 0) is 9.59 Å². The third kappa shape index (κ3) is 3.65. The summed E-state index contributed by atoms with van der Waals surface area (Å²) < 4.78 is 0. The fourth-order valence-electron chi connectivity index (χ4n) is 3.29. The lowest BCUT2D eigenvalue weighted by atomic mass is 9.98. The lowest BCUT2D eigenvalue weighted by Crippen LogP contribution is -2.57. The zero-order valence-electron chi connectivity index (χ0n) is 12.2. The molecule has 0 radical (unpaired) electrons. The second-order valence-electron chi connectivity index (χ2n) is 5.83. The molecule has 2 rings (SSSR count). The lowest BCUT2D eigenvalue weighted by molar-refractivity contribution is -0.138. The van der Waals surface area contributed by atoms with Gasteiger partial charge in [0.2, 0.25) is 5.91 Å². The number of likely N-dealkylation sites (tertiary alicyclic amines) is 2. The standard InChI is InChI=1S/C14H23N3O4/c15-13(20)11-6-2-4-8-17(11)14(21)16-7-3-1-5-10(16)9-12(18)19/h10-11H,1-9H2,(H2,15,20)(H,18,19). The van der Waals surface area contributed by atoms with Crippen molar-refractivity contribution in [1.29, 1.82) is 0 Å². The maximum atomic E-state index is 12.7. The predicted octanol–water partition coefficient (Wildman–Crippen LogP) is 0.775. The van der Waals surface area contributed by atoms with E-state index in [1.165, 1.54) is 4.90 Å². The number of hydrogen-bond donors (Lipinski definition) is 2. The topological polar surface area (TPSA) is 104 Å². The highest BCUT2D eigenvalue weighted by Crippen LogP contribution is 2.25. The molecule has 0 aromatic rings. The van der Waals surface area contributed by atoms with Crippen LogP contribution in [0.4, 0.5) is 4.79 Å². The van der Waals surface area contributed by atoms with Gasteiger partial charge in [0, 0.05) is 19.1 Å². The average Bonchev–Trinajstić information content (AvgIpc) is 2.46. The smallest absolute Gasteiger partial charge is 0.320 e. The first-order valence-corrected chi connectivity index (χ1v) is 7.59. The molecule has 7 heteroatoms. The van der Waals surface area contributed by atoms with Crippen LogP contribution in [0.15, 0.2) is 0 Å². The molecule has 0 spiro atoms. The Morgan fingerprint density at radius 3 is 2.24 bits per heavy atom. The van der Waals surface area contributed by atoms with Crippen LogP contribution in [0.3, 0.4) is 0 Å². The van der Waals surface area contributed by atoms with E-state index in [1.54, 1.807) is 4.90 Å². The van der Waals surface area contributed by atoms with Gasteiger partial charge in [0.25, 0.3) is 0 Å². The molecule has 0 aliphatic carbocycles. The Labute approximate surface area is 124 Å². The summed E-state index contributed by atoms with van der Waals surface area (Å²) in [5, 5.41) is 8.99. The number of carbonyl (C=O) groups excluding carboxylic acids is 2. The molecule has 2 heterocycles. The number of carboxylic acids is 1. The summed E-state index contributed by atoms with van der Waals surface area (Å²) >= 11 is 0. The number of carbonyl (C=O) groups is 3. The van der Waals surface area contributed by atoms with Crippen LogP contribution in [0.1, 0.15) is 44.9 Å². The zero-order chi connectivity index (χ0) is 15.4. The van der Waals surface area contributed by atoms with Crippen molar-refractivity contribution in [3.63, 3.8) is 0 Å². The predicted molar refractivity (Wildman–Crippen MR) is 75.5 cm³/mol. The van der Waals surface area contributed by atoms with Gasteiger partial charge >= 0.3 is 12.0 Å². The monoisotopic (exact) mass is 297 g/mol. The SMILES string of the molecule is NC(=O)C1CCCCN1C(=O)N1CCCCC1CC(=O)O. The number of aliphatic carboxylic acids is 1. The summed E-state index contributed by atoms with van der Waals surface area (Å²) in [5.41, 5.74) is 5.39. The Balaban J connectivity index is 2.11. The largest absolute Gasteiger partial charge is 0.481 e. The number of urea groups is 1. The summed E-state index contributed by atoms with van der Waals surface area (Å²) in [6.45, 7) is 1.07. The maximum Gasteiger partial charge on any atom is 0.320 e. The van der Waals surface area contributed by atoms with Crippen molar-refractivity contribution in [2.45, 2.75) is 57.0 Å². The number of amides is 3. The van der Waals surface area contributed by atoms with E-state index >= 15 is 0 Å². The van der Waals surface area contributed by atoms with Crippen molar-refractivity contribution < 1.29 is 19.5 Å². The second kappa shape index (κ2) is 6.78. The van der Waals surface area contributed by atoms with E-state index in [9.17, 15) is 14.4 Å². The highest BCUT2D eigenvalue weighted by atomic mass is 16.4. The first kappa shape index (κ1) is 15.6. The van der Waals surface area contributed by atoms with Gasteiger partial charge in [-0.1, -0.05) is 0 Å². The highest BCUT2D eigenvalue weighted by Gasteiger charge is 2.37. The van der Waals surface area contributed by atoms with E-state index in [-0.39, 0.29) is 18.5 Å². The molecule has 3 amide bonds. The van der Waals surface area contributed by atoms with Gasteiger partial charge in [-0.05, 0) is 38.5 Å². The normalized spacial score (nSPS) is 26.5. The van der Waals surface area contributed by atoms with Crippen LogP contribution >= 0.6 is 0 Å². The number of hydrogen-bond acceptors (Lipinski definition) is 3. The minimum atomic E-state index is -0.898. The molecule has 7 nitrogen and oxygen atoms in total. The van der Waals surface area contributed by atoms with Crippen molar-refractivity contribution in [2.75, 3.05) is 13.1 Å². The van der Waals surface area contributed by atoms with Crippen molar-refractivity contribution in [2.24, 2.45) is 5.73 Å². The van der Waals surface area contributed by atoms with Crippen LogP contribution in [-0.4, -0.2) is 58.0 Å². The summed E-state index contributed by atoms with van der Waals surface area (Å²) in [6, 6.07) is -1.07. The number of piperidine rings is 2.